The van der Waals surface area contributed by atoms with E-state index in [1.54, 1.807) is 13.0 Å². The topological polar surface area (TPSA) is 99.5 Å². The van der Waals surface area contributed by atoms with Crippen LogP contribution in [0.25, 0.3) is 0 Å². The standard InChI is InChI=1S/C15H19N3O5S/c1-11-4-7-15(19)18(17-11)9-8-16-24(20,21)14-6-5-12(22-2)10-13(14)23-3/h4-7,10,16H,8-9H2,1-3H3. The molecule has 0 aliphatic rings. The molecule has 0 amide bonds. The molecule has 0 aliphatic carbocycles. The van der Waals surface area contributed by atoms with Crippen molar-refractivity contribution in [2.24, 2.45) is 0 Å². The number of hydrogen-bond acceptors (Lipinski definition) is 6. The summed E-state index contributed by atoms with van der Waals surface area (Å²) in [5, 5.41) is 4.05. The van der Waals surface area contributed by atoms with Gasteiger partial charge in [0.05, 0.1) is 26.5 Å². The number of rotatable bonds is 7. The zero-order valence-electron chi connectivity index (χ0n) is 13.6. The van der Waals surface area contributed by atoms with Crippen molar-refractivity contribution in [2.75, 3.05) is 20.8 Å². The number of nitrogens with zero attached hydrogens (tertiary/aromatic N) is 2. The maximum atomic E-state index is 12.4. The molecule has 0 atom stereocenters. The highest BCUT2D eigenvalue weighted by Gasteiger charge is 2.19. The van der Waals surface area contributed by atoms with E-state index in [1.807, 2.05) is 0 Å². The van der Waals surface area contributed by atoms with Crippen molar-refractivity contribution in [2.45, 2.75) is 18.4 Å². The van der Waals surface area contributed by atoms with Crippen molar-refractivity contribution in [1.29, 1.82) is 0 Å². The molecule has 0 radical (unpaired) electrons. The molecule has 1 aromatic carbocycles. The Morgan fingerprint density at radius 2 is 1.92 bits per heavy atom. The second-order valence-electron chi connectivity index (χ2n) is 4.95. The number of nitrogens with one attached hydrogen (secondary N) is 1. The summed E-state index contributed by atoms with van der Waals surface area (Å²) < 4.78 is 38.6. The summed E-state index contributed by atoms with van der Waals surface area (Å²) in [7, 11) is -0.936. The summed E-state index contributed by atoms with van der Waals surface area (Å²) in [4.78, 5) is 11.7. The highest BCUT2D eigenvalue weighted by atomic mass is 32.2. The van der Waals surface area contributed by atoms with Gasteiger partial charge in [0.25, 0.3) is 5.56 Å². The molecule has 0 saturated carbocycles. The van der Waals surface area contributed by atoms with Crippen molar-refractivity contribution in [3.05, 3.63) is 46.4 Å². The molecular weight excluding hydrogens is 334 g/mol. The Bertz CT molecular complexity index is 877. The van der Waals surface area contributed by atoms with Crippen LogP contribution in [0.4, 0.5) is 0 Å². The molecule has 130 valence electrons. The van der Waals surface area contributed by atoms with E-state index in [9.17, 15) is 13.2 Å². The lowest BCUT2D eigenvalue weighted by molar-refractivity contribution is 0.386. The van der Waals surface area contributed by atoms with Crippen LogP contribution >= 0.6 is 0 Å². The van der Waals surface area contributed by atoms with Crippen LogP contribution in [0.5, 0.6) is 11.5 Å². The van der Waals surface area contributed by atoms with Crippen molar-refractivity contribution in [1.82, 2.24) is 14.5 Å². The molecule has 1 aromatic heterocycles. The van der Waals surface area contributed by atoms with Gasteiger partial charge in [-0.25, -0.2) is 17.8 Å². The first-order valence-corrected chi connectivity index (χ1v) is 8.62. The molecule has 0 spiro atoms. The number of hydrogen-bond donors (Lipinski definition) is 1. The van der Waals surface area contributed by atoms with Crippen LogP contribution in [0.15, 0.2) is 40.0 Å². The predicted molar refractivity (Wildman–Crippen MR) is 88.0 cm³/mol. The minimum absolute atomic E-state index is 0.00431. The van der Waals surface area contributed by atoms with Gasteiger partial charge in [-0.05, 0) is 25.1 Å². The summed E-state index contributed by atoms with van der Waals surface area (Å²) in [5.74, 6) is 0.661. The van der Waals surface area contributed by atoms with Crippen molar-refractivity contribution >= 4 is 10.0 Å². The van der Waals surface area contributed by atoms with Crippen LogP contribution in [0.3, 0.4) is 0 Å². The fourth-order valence-electron chi connectivity index (χ4n) is 2.07. The smallest absolute Gasteiger partial charge is 0.266 e. The third-order valence-electron chi connectivity index (χ3n) is 3.28. The maximum absolute atomic E-state index is 12.4. The lowest BCUT2D eigenvalue weighted by atomic mass is 10.3. The predicted octanol–water partition coefficient (Wildman–Crippen LogP) is 0.547. The van der Waals surface area contributed by atoms with E-state index in [1.165, 1.54) is 43.2 Å². The zero-order valence-corrected chi connectivity index (χ0v) is 14.5. The van der Waals surface area contributed by atoms with Crippen molar-refractivity contribution in [3.63, 3.8) is 0 Å². The quantitative estimate of drug-likeness (QED) is 0.780. The zero-order chi connectivity index (χ0) is 17.7. The normalized spacial score (nSPS) is 11.3. The van der Waals surface area contributed by atoms with E-state index in [2.05, 4.69) is 9.82 Å². The van der Waals surface area contributed by atoms with Gasteiger partial charge in [0.15, 0.2) is 0 Å². The summed E-state index contributed by atoms with van der Waals surface area (Å²) in [5.41, 5.74) is 0.385. The van der Waals surface area contributed by atoms with Gasteiger partial charge in [-0.1, -0.05) is 0 Å². The monoisotopic (exact) mass is 353 g/mol. The first-order chi connectivity index (χ1) is 11.4. The van der Waals surface area contributed by atoms with Gasteiger partial charge in [-0.2, -0.15) is 5.10 Å². The van der Waals surface area contributed by atoms with Gasteiger partial charge < -0.3 is 9.47 Å². The maximum Gasteiger partial charge on any atom is 0.266 e. The summed E-state index contributed by atoms with van der Waals surface area (Å²) in [6.45, 7) is 1.90. The summed E-state index contributed by atoms with van der Waals surface area (Å²) in [6.07, 6.45) is 0. The molecule has 0 aliphatic heterocycles. The average molecular weight is 353 g/mol. The highest BCUT2D eigenvalue weighted by Crippen LogP contribution is 2.28. The Balaban J connectivity index is 2.14. The molecule has 0 saturated heterocycles. The number of methoxy groups -OCH3 is 2. The highest BCUT2D eigenvalue weighted by molar-refractivity contribution is 7.89. The fourth-order valence-corrected chi connectivity index (χ4v) is 3.24. The van der Waals surface area contributed by atoms with E-state index in [0.717, 1.165) is 0 Å². The Labute approximate surface area is 140 Å². The Kier molecular flexibility index (Phi) is 5.58. The van der Waals surface area contributed by atoms with Crippen LogP contribution in [-0.4, -0.2) is 39.0 Å². The van der Waals surface area contributed by atoms with Crippen LogP contribution in [0, 0.1) is 6.92 Å². The molecule has 2 rings (SSSR count). The third kappa shape index (κ3) is 4.12. The number of benzene rings is 1. The number of ether oxygens (including phenoxy) is 2. The average Bonchev–Trinajstić information content (AvgIpc) is 2.57. The molecule has 2 aromatic rings. The number of aryl methyl sites for hydroxylation is 1. The van der Waals surface area contributed by atoms with Gasteiger partial charge in [0.2, 0.25) is 10.0 Å². The van der Waals surface area contributed by atoms with Crippen molar-refractivity contribution in [3.8, 4) is 11.5 Å². The molecule has 8 nitrogen and oxygen atoms in total. The van der Waals surface area contributed by atoms with Crippen LogP contribution in [-0.2, 0) is 16.6 Å². The van der Waals surface area contributed by atoms with E-state index in [-0.39, 0.29) is 29.3 Å². The van der Waals surface area contributed by atoms with E-state index >= 15 is 0 Å². The number of sulfonamides is 1. The van der Waals surface area contributed by atoms with E-state index in [0.29, 0.717) is 11.4 Å². The van der Waals surface area contributed by atoms with Gasteiger partial charge in [-0.3, -0.25) is 4.79 Å². The first kappa shape index (κ1) is 18.0. The molecular formula is C15H19N3O5S. The van der Waals surface area contributed by atoms with Crippen LogP contribution < -0.4 is 19.8 Å². The van der Waals surface area contributed by atoms with E-state index < -0.39 is 10.0 Å². The molecule has 1 N–H and O–H groups in total. The summed E-state index contributed by atoms with van der Waals surface area (Å²) >= 11 is 0. The van der Waals surface area contributed by atoms with Gasteiger partial charge in [0, 0.05) is 18.7 Å². The molecule has 0 fully saturated rings. The lowest BCUT2D eigenvalue weighted by Crippen LogP contribution is -2.32. The van der Waals surface area contributed by atoms with Gasteiger partial charge >= 0.3 is 0 Å². The Hall–Kier alpha value is -2.39. The minimum Gasteiger partial charge on any atom is -0.497 e. The van der Waals surface area contributed by atoms with Crippen molar-refractivity contribution < 1.29 is 17.9 Å². The van der Waals surface area contributed by atoms with E-state index in [4.69, 9.17) is 9.47 Å². The SMILES string of the molecule is COc1ccc(S(=O)(=O)NCCn2nc(C)ccc2=O)c(OC)c1. The van der Waals surface area contributed by atoms with Crippen LogP contribution in [0.1, 0.15) is 5.69 Å². The molecule has 0 unspecified atom stereocenters. The first-order valence-electron chi connectivity index (χ1n) is 7.14. The van der Waals surface area contributed by atoms with Crippen LogP contribution in [0.2, 0.25) is 0 Å². The summed E-state index contributed by atoms with van der Waals surface area (Å²) in [6, 6.07) is 7.41. The molecule has 1 heterocycles. The second kappa shape index (κ2) is 7.45. The molecule has 0 bridgehead atoms. The molecule has 9 heteroatoms. The Morgan fingerprint density at radius 3 is 2.58 bits per heavy atom. The number of aromatic nitrogens is 2. The molecule has 24 heavy (non-hydrogen) atoms. The lowest BCUT2D eigenvalue weighted by Gasteiger charge is -2.12. The fraction of sp³-hybridized carbons (Fsp3) is 0.333. The largest absolute Gasteiger partial charge is 0.497 e. The minimum atomic E-state index is -3.79. The van der Waals surface area contributed by atoms with Gasteiger partial charge in [0.1, 0.15) is 16.4 Å². The van der Waals surface area contributed by atoms with Gasteiger partial charge in [-0.15, -0.1) is 0 Å². The second-order valence-corrected chi connectivity index (χ2v) is 6.69. The Morgan fingerprint density at radius 1 is 1.17 bits per heavy atom. The third-order valence-corrected chi connectivity index (χ3v) is 4.78.